The van der Waals surface area contributed by atoms with Crippen molar-refractivity contribution < 1.29 is 0 Å². The first-order chi connectivity index (χ1) is 7.50. The molecule has 2 rings (SSSR count). The average Bonchev–Trinajstić information content (AvgIpc) is 2.55. The lowest BCUT2D eigenvalue weighted by atomic mass is 10.3. The first kappa shape index (κ1) is 11.6. The molecule has 0 spiro atoms. The van der Waals surface area contributed by atoms with E-state index in [1.165, 1.54) is 0 Å². The summed E-state index contributed by atoms with van der Waals surface area (Å²) < 4.78 is 1.97. The summed E-state index contributed by atoms with van der Waals surface area (Å²) in [5.74, 6) is 0.823. The van der Waals surface area contributed by atoms with Crippen LogP contribution in [0.3, 0.4) is 0 Å². The average molecular weight is 258 g/mol. The molecule has 0 radical (unpaired) electrons. The zero-order chi connectivity index (χ0) is 11.9. The van der Waals surface area contributed by atoms with E-state index >= 15 is 0 Å². The van der Waals surface area contributed by atoms with Crippen molar-refractivity contribution >= 4 is 34.2 Å². The van der Waals surface area contributed by atoms with E-state index in [0.29, 0.717) is 5.02 Å². The number of hydrogen-bond acceptors (Lipinski definition) is 2. The van der Waals surface area contributed by atoms with Crippen LogP contribution in [0, 0.1) is 0 Å². The summed E-state index contributed by atoms with van der Waals surface area (Å²) in [6.45, 7) is 1.91. The van der Waals surface area contributed by atoms with Crippen molar-refractivity contribution in [1.29, 1.82) is 0 Å². The fourth-order valence-corrected chi connectivity index (χ4v) is 2.04. The minimum absolute atomic E-state index is 0.145. The first-order valence-corrected chi connectivity index (χ1v) is 5.81. The van der Waals surface area contributed by atoms with E-state index < -0.39 is 0 Å². The number of aromatic nitrogens is 2. The van der Waals surface area contributed by atoms with Crippen molar-refractivity contribution in [3.8, 4) is 0 Å². The third kappa shape index (κ3) is 1.85. The summed E-state index contributed by atoms with van der Waals surface area (Å²) in [5.41, 5.74) is 1.88. The molecule has 0 amide bonds. The Kier molecular flexibility index (Phi) is 3.00. The summed E-state index contributed by atoms with van der Waals surface area (Å²) in [4.78, 5) is 4.51. The summed E-state index contributed by atoms with van der Waals surface area (Å²) in [5, 5.41) is 2.50. The van der Waals surface area contributed by atoms with E-state index in [-0.39, 0.29) is 5.38 Å². The molecule has 0 aliphatic carbocycles. The Bertz CT molecular complexity index is 517. The van der Waals surface area contributed by atoms with Gasteiger partial charge in [0.25, 0.3) is 0 Å². The van der Waals surface area contributed by atoms with Crippen LogP contribution in [-0.2, 0) is 0 Å². The number of imidazole rings is 1. The molecular weight excluding hydrogens is 245 g/mol. The molecule has 0 saturated carbocycles. The highest BCUT2D eigenvalue weighted by atomic mass is 35.5. The number of nitrogens with zero attached hydrogens (tertiary/aromatic N) is 3. The van der Waals surface area contributed by atoms with Crippen LogP contribution in [0.15, 0.2) is 18.2 Å². The van der Waals surface area contributed by atoms with Crippen molar-refractivity contribution in [3.05, 3.63) is 29.0 Å². The summed E-state index contributed by atoms with van der Waals surface area (Å²) >= 11 is 12.1. The normalized spacial score (nSPS) is 13.1. The van der Waals surface area contributed by atoms with Gasteiger partial charge in [-0.15, -0.1) is 11.6 Å². The van der Waals surface area contributed by atoms with Crippen LogP contribution in [0.2, 0.25) is 5.02 Å². The third-order valence-electron chi connectivity index (χ3n) is 2.37. The van der Waals surface area contributed by atoms with Crippen molar-refractivity contribution in [2.75, 3.05) is 19.1 Å². The molecule has 0 aliphatic heterocycles. The fourth-order valence-electron chi connectivity index (χ4n) is 1.73. The van der Waals surface area contributed by atoms with Gasteiger partial charge in [-0.05, 0) is 25.1 Å². The number of fused-ring (bicyclic) bond motifs is 1. The Labute approximate surface area is 105 Å². The smallest absolute Gasteiger partial charge is 0.146 e. The van der Waals surface area contributed by atoms with Crippen LogP contribution in [0.5, 0.6) is 0 Å². The maximum atomic E-state index is 6.12. The maximum absolute atomic E-state index is 6.12. The highest BCUT2D eigenvalue weighted by Crippen LogP contribution is 2.26. The topological polar surface area (TPSA) is 21.1 Å². The van der Waals surface area contributed by atoms with Crippen LogP contribution in [0.25, 0.3) is 11.0 Å². The SMILES string of the molecule is CC(Cl)c1nc2ccc(Cl)cc2n1N(C)C. The predicted octanol–water partition coefficient (Wildman–Crippen LogP) is 3.19. The molecule has 1 unspecified atom stereocenters. The zero-order valence-electron chi connectivity index (χ0n) is 9.41. The lowest BCUT2D eigenvalue weighted by Gasteiger charge is -2.19. The Balaban J connectivity index is 2.77. The van der Waals surface area contributed by atoms with Gasteiger partial charge in [-0.3, -0.25) is 0 Å². The molecule has 1 aromatic heterocycles. The highest BCUT2D eigenvalue weighted by molar-refractivity contribution is 6.31. The van der Waals surface area contributed by atoms with Crippen LogP contribution in [0.1, 0.15) is 18.1 Å². The third-order valence-corrected chi connectivity index (χ3v) is 2.80. The van der Waals surface area contributed by atoms with Crippen molar-refractivity contribution in [3.63, 3.8) is 0 Å². The lowest BCUT2D eigenvalue weighted by molar-refractivity contribution is 0.694. The largest absolute Gasteiger partial charge is 0.317 e. The molecule has 0 aliphatic rings. The van der Waals surface area contributed by atoms with Gasteiger partial charge in [0, 0.05) is 19.1 Å². The summed E-state index contributed by atoms with van der Waals surface area (Å²) in [6, 6.07) is 5.63. The van der Waals surface area contributed by atoms with E-state index in [0.717, 1.165) is 16.9 Å². The van der Waals surface area contributed by atoms with Crippen molar-refractivity contribution in [2.24, 2.45) is 0 Å². The van der Waals surface area contributed by atoms with E-state index in [9.17, 15) is 0 Å². The Morgan fingerprint density at radius 1 is 1.38 bits per heavy atom. The van der Waals surface area contributed by atoms with Gasteiger partial charge < -0.3 is 5.01 Å². The molecule has 0 saturated heterocycles. The second kappa shape index (κ2) is 4.15. The molecule has 1 aromatic carbocycles. The molecule has 0 fully saturated rings. The quantitative estimate of drug-likeness (QED) is 0.771. The highest BCUT2D eigenvalue weighted by Gasteiger charge is 2.16. The Hall–Kier alpha value is -0.930. The van der Waals surface area contributed by atoms with Gasteiger partial charge in [-0.2, -0.15) is 0 Å². The molecule has 1 heterocycles. The molecule has 86 valence electrons. The second-order valence-electron chi connectivity index (χ2n) is 3.88. The summed E-state index contributed by atoms with van der Waals surface area (Å²) in [7, 11) is 3.90. The first-order valence-electron chi connectivity index (χ1n) is 5.00. The number of alkyl halides is 1. The van der Waals surface area contributed by atoms with Crippen LogP contribution in [0.4, 0.5) is 0 Å². The maximum Gasteiger partial charge on any atom is 0.146 e. The van der Waals surface area contributed by atoms with E-state index in [2.05, 4.69) is 4.98 Å². The van der Waals surface area contributed by atoms with E-state index in [4.69, 9.17) is 23.2 Å². The van der Waals surface area contributed by atoms with Crippen LogP contribution >= 0.6 is 23.2 Å². The molecule has 0 bridgehead atoms. The molecule has 16 heavy (non-hydrogen) atoms. The van der Waals surface area contributed by atoms with Gasteiger partial charge >= 0.3 is 0 Å². The number of benzene rings is 1. The molecule has 1 atom stereocenters. The second-order valence-corrected chi connectivity index (χ2v) is 4.97. The molecule has 5 heteroatoms. The van der Waals surface area contributed by atoms with Gasteiger partial charge in [0.15, 0.2) is 0 Å². The molecule has 3 nitrogen and oxygen atoms in total. The number of rotatable bonds is 2. The summed E-state index contributed by atoms with van der Waals surface area (Å²) in [6.07, 6.45) is 0. The van der Waals surface area contributed by atoms with E-state index in [1.807, 2.05) is 48.9 Å². The van der Waals surface area contributed by atoms with Crippen molar-refractivity contribution in [1.82, 2.24) is 9.66 Å². The molecular formula is C11H13Cl2N3. The number of hydrogen-bond donors (Lipinski definition) is 0. The van der Waals surface area contributed by atoms with Gasteiger partial charge in [-0.1, -0.05) is 11.6 Å². The van der Waals surface area contributed by atoms with Crippen LogP contribution in [-0.4, -0.2) is 23.8 Å². The molecule has 0 N–H and O–H groups in total. The minimum Gasteiger partial charge on any atom is -0.317 e. The monoisotopic (exact) mass is 257 g/mol. The van der Waals surface area contributed by atoms with E-state index in [1.54, 1.807) is 0 Å². The van der Waals surface area contributed by atoms with Crippen molar-refractivity contribution in [2.45, 2.75) is 12.3 Å². The fraction of sp³-hybridized carbons (Fsp3) is 0.364. The zero-order valence-corrected chi connectivity index (χ0v) is 10.9. The molecule has 2 aromatic rings. The Morgan fingerprint density at radius 3 is 2.62 bits per heavy atom. The standard InChI is InChI=1S/C11H13Cl2N3/c1-7(12)11-14-9-5-4-8(13)6-10(9)16(11)15(2)3/h4-7H,1-3H3. The number of halogens is 2. The van der Waals surface area contributed by atoms with Gasteiger partial charge in [0.2, 0.25) is 0 Å². The van der Waals surface area contributed by atoms with Gasteiger partial charge in [0.1, 0.15) is 5.82 Å². The Morgan fingerprint density at radius 2 is 2.06 bits per heavy atom. The minimum atomic E-state index is -0.145. The van der Waals surface area contributed by atoms with Crippen LogP contribution < -0.4 is 5.01 Å². The predicted molar refractivity (Wildman–Crippen MR) is 69.1 cm³/mol. The van der Waals surface area contributed by atoms with Gasteiger partial charge in [-0.25, -0.2) is 9.66 Å². The lowest BCUT2D eigenvalue weighted by Crippen LogP contribution is -2.26. The van der Waals surface area contributed by atoms with Gasteiger partial charge in [0.05, 0.1) is 16.4 Å².